The molecule has 0 bridgehead atoms. The lowest BCUT2D eigenvalue weighted by Gasteiger charge is -2.25. The number of sulfone groups is 1. The molecule has 0 unspecified atom stereocenters. The van der Waals surface area contributed by atoms with Crippen molar-refractivity contribution < 1.29 is 8.42 Å². The fourth-order valence-electron chi connectivity index (χ4n) is 2.55. The van der Waals surface area contributed by atoms with Crippen LogP contribution in [0.3, 0.4) is 0 Å². The number of hydrogen-bond acceptors (Lipinski definition) is 4. The van der Waals surface area contributed by atoms with Crippen molar-refractivity contribution in [2.75, 3.05) is 31.1 Å². The maximum atomic E-state index is 11.3. The Morgan fingerprint density at radius 1 is 1.18 bits per heavy atom. The van der Waals surface area contributed by atoms with E-state index in [-0.39, 0.29) is 0 Å². The van der Waals surface area contributed by atoms with Crippen molar-refractivity contribution in [1.82, 2.24) is 10.2 Å². The largest absolute Gasteiger partial charge is 0.313 e. The van der Waals surface area contributed by atoms with Crippen molar-refractivity contribution in [3.63, 3.8) is 0 Å². The van der Waals surface area contributed by atoms with E-state index in [9.17, 15) is 8.42 Å². The molecule has 1 N–H and O–H groups in total. The number of likely N-dealkylation sites (N-methyl/N-ethyl adjacent to an activating group) is 1. The van der Waals surface area contributed by atoms with E-state index < -0.39 is 9.84 Å². The third-order valence-corrected chi connectivity index (χ3v) is 5.57. The monoisotopic (exact) mass is 260 g/mol. The van der Waals surface area contributed by atoms with E-state index >= 15 is 0 Å². The molecule has 1 heterocycles. The Kier molecular flexibility index (Phi) is 4.44. The standard InChI is InChI=1S/C12H24N2O2S/c1-2-14(12-3-4-12)8-7-13-11-5-9-17(15,16)10-6-11/h11-13H,2-10H2,1H3. The second-order valence-electron chi connectivity index (χ2n) is 5.24. The zero-order valence-corrected chi connectivity index (χ0v) is 11.5. The summed E-state index contributed by atoms with van der Waals surface area (Å²) in [5.41, 5.74) is 0. The first kappa shape index (κ1) is 13.3. The molecule has 1 aliphatic carbocycles. The fourth-order valence-corrected chi connectivity index (χ4v) is 4.04. The van der Waals surface area contributed by atoms with Crippen molar-refractivity contribution in [1.29, 1.82) is 0 Å². The molecule has 1 saturated heterocycles. The summed E-state index contributed by atoms with van der Waals surface area (Å²) in [7, 11) is -2.72. The molecule has 0 aromatic heterocycles. The van der Waals surface area contributed by atoms with Crippen molar-refractivity contribution in [3.8, 4) is 0 Å². The lowest BCUT2D eigenvalue weighted by molar-refractivity contribution is 0.270. The van der Waals surface area contributed by atoms with E-state index in [0.29, 0.717) is 17.5 Å². The average molecular weight is 260 g/mol. The van der Waals surface area contributed by atoms with Crippen LogP contribution < -0.4 is 5.32 Å². The second-order valence-corrected chi connectivity index (χ2v) is 7.54. The third kappa shape index (κ3) is 4.23. The van der Waals surface area contributed by atoms with Crippen LogP contribution >= 0.6 is 0 Å². The maximum Gasteiger partial charge on any atom is 0.150 e. The predicted octanol–water partition coefficient (Wildman–Crippen LogP) is 0.638. The van der Waals surface area contributed by atoms with Crippen molar-refractivity contribution >= 4 is 9.84 Å². The molecular formula is C12H24N2O2S. The van der Waals surface area contributed by atoms with Gasteiger partial charge in [-0.3, -0.25) is 4.90 Å². The summed E-state index contributed by atoms with van der Waals surface area (Å²) in [6.07, 6.45) is 4.29. The molecule has 0 amide bonds. The minimum absolute atomic E-state index is 0.366. The summed E-state index contributed by atoms with van der Waals surface area (Å²) in [6.45, 7) is 5.44. The zero-order valence-electron chi connectivity index (χ0n) is 10.7. The van der Waals surface area contributed by atoms with Crippen molar-refractivity contribution in [2.45, 2.75) is 44.7 Å². The number of nitrogens with one attached hydrogen (secondary N) is 1. The van der Waals surface area contributed by atoms with Gasteiger partial charge < -0.3 is 5.32 Å². The number of hydrogen-bond donors (Lipinski definition) is 1. The van der Waals surface area contributed by atoms with Gasteiger partial charge in [0, 0.05) is 25.2 Å². The first-order chi connectivity index (χ1) is 8.11. The van der Waals surface area contributed by atoms with Gasteiger partial charge in [0.2, 0.25) is 0 Å². The molecule has 2 rings (SSSR count). The molecule has 0 radical (unpaired) electrons. The van der Waals surface area contributed by atoms with E-state index in [1.54, 1.807) is 0 Å². The summed E-state index contributed by atoms with van der Waals surface area (Å²) in [5.74, 6) is 0.732. The van der Waals surface area contributed by atoms with Crippen LogP contribution in [-0.2, 0) is 9.84 Å². The van der Waals surface area contributed by atoms with Gasteiger partial charge in [0.25, 0.3) is 0 Å². The number of rotatable bonds is 6. The van der Waals surface area contributed by atoms with Gasteiger partial charge in [-0.15, -0.1) is 0 Å². The quantitative estimate of drug-likeness (QED) is 0.761. The number of nitrogens with zero attached hydrogens (tertiary/aromatic N) is 1. The summed E-state index contributed by atoms with van der Waals surface area (Å²) >= 11 is 0. The van der Waals surface area contributed by atoms with Crippen LogP contribution in [0.25, 0.3) is 0 Å². The molecular weight excluding hydrogens is 236 g/mol. The highest BCUT2D eigenvalue weighted by molar-refractivity contribution is 7.91. The van der Waals surface area contributed by atoms with Crippen LogP contribution in [-0.4, -0.2) is 56.5 Å². The first-order valence-corrected chi connectivity index (χ1v) is 8.61. The van der Waals surface area contributed by atoms with Gasteiger partial charge in [-0.2, -0.15) is 0 Å². The molecule has 1 aliphatic heterocycles. The molecule has 2 fully saturated rings. The van der Waals surface area contributed by atoms with Crippen molar-refractivity contribution in [2.24, 2.45) is 0 Å². The highest BCUT2D eigenvalue weighted by Crippen LogP contribution is 2.25. The molecule has 0 aromatic rings. The fraction of sp³-hybridized carbons (Fsp3) is 1.00. The van der Waals surface area contributed by atoms with Crippen LogP contribution in [0.15, 0.2) is 0 Å². The van der Waals surface area contributed by atoms with E-state index in [0.717, 1.165) is 38.5 Å². The van der Waals surface area contributed by atoms with Gasteiger partial charge in [-0.25, -0.2) is 8.42 Å². The maximum absolute atomic E-state index is 11.3. The van der Waals surface area contributed by atoms with Gasteiger partial charge in [0.1, 0.15) is 9.84 Å². The Balaban J connectivity index is 1.62. The highest BCUT2D eigenvalue weighted by Gasteiger charge is 2.28. The molecule has 0 atom stereocenters. The van der Waals surface area contributed by atoms with Crippen LogP contribution in [0.2, 0.25) is 0 Å². The lowest BCUT2D eigenvalue weighted by atomic mass is 10.1. The Morgan fingerprint density at radius 3 is 2.35 bits per heavy atom. The van der Waals surface area contributed by atoms with Gasteiger partial charge >= 0.3 is 0 Å². The van der Waals surface area contributed by atoms with Gasteiger partial charge in [0.15, 0.2) is 0 Å². The molecule has 0 spiro atoms. The van der Waals surface area contributed by atoms with Gasteiger partial charge in [-0.1, -0.05) is 6.92 Å². The Morgan fingerprint density at radius 2 is 1.82 bits per heavy atom. The predicted molar refractivity (Wildman–Crippen MR) is 69.9 cm³/mol. The van der Waals surface area contributed by atoms with Crippen molar-refractivity contribution in [3.05, 3.63) is 0 Å². The van der Waals surface area contributed by atoms with Gasteiger partial charge in [-0.05, 0) is 32.2 Å². The summed E-state index contributed by atoms with van der Waals surface area (Å²) in [4.78, 5) is 2.52. The molecule has 2 aliphatic rings. The zero-order chi connectivity index (χ0) is 12.3. The normalized spacial score (nSPS) is 25.3. The molecule has 4 nitrogen and oxygen atoms in total. The second kappa shape index (κ2) is 5.67. The SMILES string of the molecule is CCN(CCNC1CCS(=O)(=O)CC1)C1CC1. The molecule has 100 valence electrons. The first-order valence-electron chi connectivity index (χ1n) is 6.78. The Labute approximate surface area is 105 Å². The molecule has 5 heteroatoms. The van der Waals surface area contributed by atoms with Crippen LogP contribution in [0.5, 0.6) is 0 Å². The van der Waals surface area contributed by atoms with Crippen LogP contribution in [0.4, 0.5) is 0 Å². The molecule has 0 aromatic carbocycles. The minimum atomic E-state index is -2.72. The Hall–Kier alpha value is -0.130. The smallest absolute Gasteiger partial charge is 0.150 e. The van der Waals surface area contributed by atoms with E-state index in [1.807, 2.05) is 0 Å². The third-order valence-electron chi connectivity index (χ3n) is 3.86. The van der Waals surface area contributed by atoms with E-state index in [2.05, 4.69) is 17.1 Å². The minimum Gasteiger partial charge on any atom is -0.313 e. The topological polar surface area (TPSA) is 49.4 Å². The molecule has 1 saturated carbocycles. The average Bonchev–Trinajstić information content (AvgIpc) is 3.10. The summed E-state index contributed by atoms with van der Waals surface area (Å²) in [5, 5.41) is 3.50. The summed E-state index contributed by atoms with van der Waals surface area (Å²) in [6, 6.07) is 1.24. The van der Waals surface area contributed by atoms with Crippen LogP contribution in [0.1, 0.15) is 32.6 Å². The van der Waals surface area contributed by atoms with Crippen LogP contribution in [0, 0.1) is 0 Å². The summed E-state index contributed by atoms with van der Waals surface area (Å²) < 4.78 is 22.6. The highest BCUT2D eigenvalue weighted by atomic mass is 32.2. The Bertz CT molecular complexity index is 324. The van der Waals surface area contributed by atoms with E-state index in [4.69, 9.17) is 0 Å². The van der Waals surface area contributed by atoms with Gasteiger partial charge in [0.05, 0.1) is 11.5 Å². The van der Waals surface area contributed by atoms with E-state index in [1.165, 1.54) is 12.8 Å². The lowest BCUT2D eigenvalue weighted by Crippen LogP contribution is -2.41. The molecule has 17 heavy (non-hydrogen) atoms.